The van der Waals surface area contributed by atoms with Crippen molar-refractivity contribution in [3.05, 3.63) is 29.8 Å². The molecule has 1 aliphatic rings. The summed E-state index contributed by atoms with van der Waals surface area (Å²) in [6.07, 6.45) is 0.665. The molecule has 0 spiro atoms. The Labute approximate surface area is 106 Å². The maximum atomic E-state index is 11.9. The lowest BCUT2D eigenvalue weighted by atomic mass is 10.1. The number of rotatable bonds is 3. The summed E-state index contributed by atoms with van der Waals surface area (Å²) in [5.41, 5.74) is 2.13. The first-order chi connectivity index (χ1) is 8.58. The first-order valence-corrected chi connectivity index (χ1v) is 5.90. The highest BCUT2D eigenvalue weighted by Gasteiger charge is 2.26. The van der Waals surface area contributed by atoms with Crippen LogP contribution in [-0.2, 0) is 16.0 Å². The number of nitrogens with zero attached hydrogens (tertiary/aromatic N) is 1. The van der Waals surface area contributed by atoms with Gasteiger partial charge >= 0.3 is 0 Å². The van der Waals surface area contributed by atoms with Gasteiger partial charge < -0.3 is 15.5 Å². The zero-order valence-corrected chi connectivity index (χ0v) is 10.6. The molecule has 1 aliphatic heterocycles. The number of para-hydroxylation sites is 1. The Morgan fingerprint density at radius 3 is 2.78 bits per heavy atom. The fourth-order valence-corrected chi connectivity index (χ4v) is 1.90. The van der Waals surface area contributed by atoms with Crippen molar-refractivity contribution in [2.75, 3.05) is 26.0 Å². The maximum Gasteiger partial charge on any atom is 0.243 e. The van der Waals surface area contributed by atoms with Gasteiger partial charge in [-0.1, -0.05) is 18.2 Å². The summed E-state index contributed by atoms with van der Waals surface area (Å²) in [6.45, 7) is 0.0420. The minimum absolute atomic E-state index is 0.0420. The molecule has 96 valence electrons. The molecule has 5 heteroatoms. The minimum Gasteiger partial charge on any atom is -0.373 e. The number of carbonyl (C=O) groups is 2. The van der Waals surface area contributed by atoms with Gasteiger partial charge in [0.15, 0.2) is 0 Å². The zero-order chi connectivity index (χ0) is 13.1. The number of amides is 2. The summed E-state index contributed by atoms with van der Waals surface area (Å²) in [4.78, 5) is 24.7. The van der Waals surface area contributed by atoms with Gasteiger partial charge in [0.1, 0.15) is 6.04 Å². The van der Waals surface area contributed by atoms with Crippen molar-refractivity contribution >= 4 is 17.5 Å². The molecule has 1 atom stereocenters. The van der Waals surface area contributed by atoms with E-state index in [1.807, 2.05) is 24.3 Å². The van der Waals surface area contributed by atoms with Crippen molar-refractivity contribution < 1.29 is 9.59 Å². The fraction of sp³-hybridized carbons (Fsp3) is 0.385. The Balaban J connectivity index is 1.88. The van der Waals surface area contributed by atoms with Gasteiger partial charge in [-0.05, 0) is 11.6 Å². The fourth-order valence-electron chi connectivity index (χ4n) is 1.90. The van der Waals surface area contributed by atoms with Crippen LogP contribution in [0.3, 0.4) is 0 Å². The number of likely N-dealkylation sites (N-methyl/N-ethyl adjacent to an activating group) is 1. The number of nitrogens with one attached hydrogen (secondary N) is 2. The third kappa shape index (κ3) is 2.61. The van der Waals surface area contributed by atoms with E-state index in [1.165, 1.54) is 4.90 Å². The van der Waals surface area contributed by atoms with E-state index in [4.69, 9.17) is 0 Å². The molecule has 1 aromatic rings. The molecule has 0 saturated heterocycles. The third-order valence-electron chi connectivity index (χ3n) is 3.00. The minimum atomic E-state index is -0.280. The Morgan fingerprint density at radius 2 is 2.11 bits per heavy atom. The highest BCUT2D eigenvalue weighted by molar-refractivity contribution is 5.90. The van der Waals surface area contributed by atoms with Crippen LogP contribution in [0.2, 0.25) is 0 Å². The summed E-state index contributed by atoms with van der Waals surface area (Å²) in [5.74, 6) is -0.250. The van der Waals surface area contributed by atoms with Gasteiger partial charge in [0, 0.05) is 26.2 Å². The molecule has 0 saturated carbocycles. The van der Waals surface area contributed by atoms with Crippen molar-refractivity contribution in [1.82, 2.24) is 10.2 Å². The van der Waals surface area contributed by atoms with Crippen LogP contribution in [0.5, 0.6) is 0 Å². The van der Waals surface area contributed by atoms with Crippen LogP contribution < -0.4 is 10.6 Å². The number of carbonyl (C=O) groups excluding carboxylic acids is 2. The molecular formula is C13H17N3O2. The molecule has 0 radical (unpaired) electrons. The zero-order valence-electron chi connectivity index (χ0n) is 10.6. The first-order valence-electron chi connectivity index (χ1n) is 5.90. The Hall–Kier alpha value is -2.04. The second-order valence-electron chi connectivity index (χ2n) is 4.56. The number of hydrogen-bond acceptors (Lipinski definition) is 3. The Bertz CT molecular complexity index is 446. The first kappa shape index (κ1) is 12.4. The van der Waals surface area contributed by atoms with Gasteiger partial charge in [-0.3, -0.25) is 9.59 Å². The van der Waals surface area contributed by atoms with Gasteiger partial charge in [0.2, 0.25) is 11.8 Å². The van der Waals surface area contributed by atoms with Crippen LogP contribution in [0.25, 0.3) is 0 Å². The molecule has 0 aromatic heterocycles. The summed E-state index contributed by atoms with van der Waals surface area (Å²) in [6, 6.07) is 7.56. The van der Waals surface area contributed by atoms with Crippen LogP contribution in [0.1, 0.15) is 5.56 Å². The summed E-state index contributed by atoms with van der Waals surface area (Å²) in [5, 5.41) is 5.80. The van der Waals surface area contributed by atoms with Gasteiger partial charge in [0.25, 0.3) is 0 Å². The van der Waals surface area contributed by atoms with E-state index >= 15 is 0 Å². The Kier molecular flexibility index (Phi) is 3.50. The van der Waals surface area contributed by atoms with Crippen LogP contribution in [-0.4, -0.2) is 43.4 Å². The second kappa shape index (κ2) is 5.08. The highest BCUT2D eigenvalue weighted by atomic mass is 16.2. The van der Waals surface area contributed by atoms with Crippen molar-refractivity contribution in [1.29, 1.82) is 0 Å². The summed E-state index contributed by atoms with van der Waals surface area (Å²) >= 11 is 0. The van der Waals surface area contributed by atoms with E-state index in [2.05, 4.69) is 10.6 Å². The molecule has 0 bridgehead atoms. The lowest BCUT2D eigenvalue weighted by Crippen LogP contribution is -2.43. The predicted molar refractivity (Wildman–Crippen MR) is 69.3 cm³/mol. The van der Waals surface area contributed by atoms with Gasteiger partial charge in [-0.25, -0.2) is 0 Å². The standard InChI is InChI=1S/C13H17N3O2/c1-16(2)12(17)8-14-13(18)11-7-9-5-3-4-6-10(9)15-11/h3-6,11,15H,7-8H2,1-2H3,(H,14,18)/t11-/m0/s1. The topological polar surface area (TPSA) is 61.4 Å². The third-order valence-corrected chi connectivity index (χ3v) is 3.00. The van der Waals surface area contributed by atoms with Crippen molar-refractivity contribution in [3.63, 3.8) is 0 Å². The van der Waals surface area contributed by atoms with Crippen molar-refractivity contribution in [2.24, 2.45) is 0 Å². The molecule has 0 aliphatic carbocycles. The van der Waals surface area contributed by atoms with E-state index in [-0.39, 0.29) is 24.4 Å². The molecule has 0 fully saturated rings. The SMILES string of the molecule is CN(C)C(=O)CNC(=O)[C@@H]1Cc2ccccc2N1. The second-order valence-corrected chi connectivity index (χ2v) is 4.56. The highest BCUT2D eigenvalue weighted by Crippen LogP contribution is 2.24. The molecule has 2 amide bonds. The number of hydrogen-bond donors (Lipinski definition) is 2. The van der Waals surface area contributed by atoms with E-state index in [1.54, 1.807) is 14.1 Å². The number of benzene rings is 1. The molecule has 2 rings (SSSR count). The van der Waals surface area contributed by atoms with Crippen LogP contribution in [0.15, 0.2) is 24.3 Å². The molecule has 2 N–H and O–H groups in total. The quantitative estimate of drug-likeness (QED) is 0.803. The van der Waals surface area contributed by atoms with Crippen LogP contribution in [0, 0.1) is 0 Å². The molecule has 1 heterocycles. The maximum absolute atomic E-state index is 11.9. The average molecular weight is 247 g/mol. The van der Waals surface area contributed by atoms with Gasteiger partial charge in [-0.2, -0.15) is 0 Å². The van der Waals surface area contributed by atoms with E-state index in [0.29, 0.717) is 6.42 Å². The summed E-state index contributed by atoms with van der Waals surface area (Å²) in [7, 11) is 3.33. The normalized spacial score (nSPS) is 16.7. The monoisotopic (exact) mass is 247 g/mol. The molecule has 5 nitrogen and oxygen atoms in total. The van der Waals surface area contributed by atoms with Crippen molar-refractivity contribution in [3.8, 4) is 0 Å². The molecular weight excluding hydrogens is 230 g/mol. The smallest absolute Gasteiger partial charge is 0.243 e. The molecule has 1 aromatic carbocycles. The van der Waals surface area contributed by atoms with E-state index in [0.717, 1.165) is 11.3 Å². The van der Waals surface area contributed by atoms with Crippen LogP contribution >= 0.6 is 0 Å². The lowest BCUT2D eigenvalue weighted by Gasteiger charge is -2.14. The van der Waals surface area contributed by atoms with E-state index < -0.39 is 0 Å². The van der Waals surface area contributed by atoms with Gasteiger partial charge in [-0.15, -0.1) is 0 Å². The predicted octanol–water partition coefficient (Wildman–Crippen LogP) is 0.228. The van der Waals surface area contributed by atoms with Crippen molar-refractivity contribution in [2.45, 2.75) is 12.5 Å². The Morgan fingerprint density at radius 1 is 1.39 bits per heavy atom. The van der Waals surface area contributed by atoms with Crippen LogP contribution in [0.4, 0.5) is 5.69 Å². The molecule has 0 unspecified atom stereocenters. The largest absolute Gasteiger partial charge is 0.373 e. The lowest BCUT2D eigenvalue weighted by molar-refractivity contribution is -0.131. The number of fused-ring (bicyclic) bond motifs is 1. The summed E-state index contributed by atoms with van der Waals surface area (Å²) < 4.78 is 0. The molecule has 18 heavy (non-hydrogen) atoms. The van der Waals surface area contributed by atoms with Gasteiger partial charge in [0.05, 0.1) is 6.54 Å². The van der Waals surface area contributed by atoms with E-state index in [9.17, 15) is 9.59 Å². The average Bonchev–Trinajstić information content (AvgIpc) is 2.79. The number of anilines is 1.